The van der Waals surface area contributed by atoms with E-state index in [0.29, 0.717) is 5.69 Å². The van der Waals surface area contributed by atoms with Gasteiger partial charge in [0.1, 0.15) is 17.1 Å². The third kappa shape index (κ3) is 3.52. The van der Waals surface area contributed by atoms with Gasteiger partial charge in [-0.05, 0) is 35.0 Å². The Morgan fingerprint density at radius 1 is 1.37 bits per heavy atom. The summed E-state index contributed by atoms with van der Waals surface area (Å²) in [7, 11) is 1.42. The second-order valence-electron chi connectivity index (χ2n) is 5.51. The van der Waals surface area contributed by atoms with Crippen LogP contribution in [0, 0.1) is 5.82 Å². The van der Waals surface area contributed by atoms with Crippen molar-refractivity contribution in [3.63, 3.8) is 0 Å². The number of pyridine rings is 1. The van der Waals surface area contributed by atoms with Crippen LogP contribution in [0.1, 0.15) is 17.3 Å². The van der Waals surface area contributed by atoms with Gasteiger partial charge >= 0.3 is 5.97 Å². The first kappa shape index (κ1) is 18.9. The van der Waals surface area contributed by atoms with Crippen molar-refractivity contribution >= 4 is 44.2 Å². The zero-order chi connectivity index (χ0) is 19.6. The molecule has 0 radical (unpaired) electrons. The van der Waals surface area contributed by atoms with Crippen molar-refractivity contribution in [2.24, 2.45) is 0 Å². The predicted octanol–water partition coefficient (Wildman–Crippen LogP) is 4.77. The Labute approximate surface area is 163 Å². The SMILES string of the molecule is CCOC(=O)c1cnc2cc(OC)c(Br)c(F)c2c1Nc1ccccc1O. The lowest BCUT2D eigenvalue weighted by Gasteiger charge is -2.16. The number of hydrogen-bond donors (Lipinski definition) is 2. The molecule has 0 saturated heterocycles. The Morgan fingerprint density at radius 3 is 2.78 bits per heavy atom. The maximum Gasteiger partial charge on any atom is 0.341 e. The number of esters is 1. The number of phenols is 1. The molecule has 0 amide bonds. The Morgan fingerprint density at radius 2 is 2.11 bits per heavy atom. The van der Waals surface area contributed by atoms with Crippen LogP contribution in [0.25, 0.3) is 10.9 Å². The van der Waals surface area contributed by atoms with Crippen molar-refractivity contribution in [2.75, 3.05) is 19.0 Å². The summed E-state index contributed by atoms with van der Waals surface area (Å²) in [5.41, 5.74) is 0.768. The predicted molar refractivity (Wildman–Crippen MR) is 103 cm³/mol. The van der Waals surface area contributed by atoms with Crippen molar-refractivity contribution in [1.29, 1.82) is 0 Å². The minimum absolute atomic E-state index is 0.0450. The average molecular weight is 435 g/mol. The lowest BCUT2D eigenvalue weighted by Crippen LogP contribution is -2.10. The summed E-state index contributed by atoms with van der Waals surface area (Å²) in [5.74, 6) is -1.09. The van der Waals surface area contributed by atoms with E-state index in [4.69, 9.17) is 9.47 Å². The van der Waals surface area contributed by atoms with E-state index in [-0.39, 0.29) is 44.7 Å². The summed E-state index contributed by atoms with van der Waals surface area (Å²) in [6.45, 7) is 1.83. The molecule has 3 rings (SSSR count). The normalized spacial score (nSPS) is 10.7. The second kappa shape index (κ2) is 7.79. The van der Waals surface area contributed by atoms with E-state index in [2.05, 4.69) is 26.2 Å². The molecule has 1 heterocycles. The summed E-state index contributed by atoms with van der Waals surface area (Å²) < 4.78 is 25.4. The molecule has 0 bridgehead atoms. The number of ether oxygens (including phenoxy) is 2. The van der Waals surface area contributed by atoms with Gasteiger partial charge in [0.2, 0.25) is 0 Å². The molecule has 3 aromatic rings. The molecule has 0 aliphatic rings. The van der Waals surface area contributed by atoms with Gasteiger partial charge in [0.05, 0.1) is 40.5 Å². The fraction of sp³-hybridized carbons (Fsp3) is 0.158. The highest BCUT2D eigenvalue weighted by atomic mass is 79.9. The number of halogens is 2. The molecule has 2 aromatic carbocycles. The number of methoxy groups -OCH3 is 1. The Hall–Kier alpha value is -2.87. The number of carbonyl (C=O) groups is 1. The summed E-state index contributed by atoms with van der Waals surface area (Å²) in [5, 5.41) is 13.1. The van der Waals surface area contributed by atoms with E-state index in [0.717, 1.165) is 0 Å². The van der Waals surface area contributed by atoms with Crippen molar-refractivity contribution in [3.8, 4) is 11.5 Å². The number of nitrogens with one attached hydrogen (secondary N) is 1. The number of phenolic OH excluding ortho intramolecular Hbond substituents is 1. The first-order chi connectivity index (χ1) is 13.0. The highest BCUT2D eigenvalue weighted by molar-refractivity contribution is 9.10. The maximum atomic E-state index is 15.1. The molecule has 140 valence electrons. The molecule has 1 aromatic heterocycles. The number of para-hydroxylation sites is 2. The van der Waals surface area contributed by atoms with Gasteiger partial charge < -0.3 is 19.9 Å². The number of carbonyl (C=O) groups excluding carboxylic acids is 1. The first-order valence-electron chi connectivity index (χ1n) is 8.04. The molecule has 0 saturated carbocycles. The number of benzene rings is 2. The third-order valence-corrected chi connectivity index (χ3v) is 4.62. The van der Waals surface area contributed by atoms with Gasteiger partial charge in [-0.1, -0.05) is 12.1 Å². The minimum Gasteiger partial charge on any atom is -0.506 e. The molecule has 0 fully saturated rings. The van der Waals surface area contributed by atoms with Crippen LogP contribution in [-0.4, -0.2) is 29.8 Å². The largest absolute Gasteiger partial charge is 0.506 e. The number of rotatable bonds is 5. The third-order valence-electron chi connectivity index (χ3n) is 3.88. The average Bonchev–Trinajstić information content (AvgIpc) is 2.66. The lowest BCUT2D eigenvalue weighted by atomic mass is 10.1. The number of fused-ring (bicyclic) bond motifs is 1. The van der Waals surface area contributed by atoms with Crippen LogP contribution in [0.3, 0.4) is 0 Å². The lowest BCUT2D eigenvalue weighted by molar-refractivity contribution is 0.0527. The minimum atomic E-state index is -0.656. The van der Waals surface area contributed by atoms with E-state index >= 15 is 4.39 Å². The smallest absolute Gasteiger partial charge is 0.341 e. The molecule has 27 heavy (non-hydrogen) atoms. The highest BCUT2D eigenvalue weighted by Crippen LogP contribution is 2.40. The molecule has 0 aliphatic heterocycles. The molecule has 8 heteroatoms. The molecular weight excluding hydrogens is 419 g/mol. The van der Waals surface area contributed by atoms with Crippen molar-refractivity contribution in [1.82, 2.24) is 4.98 Å². The van der Waals surface area contributed by atoms with E-state index in [1.54, 1.807) is 31.2 Å². The van der Waals surface area contributed by atoms with Gasteiger partial charge in [-0.2, -0.15) is 0 Å². The van der Waals surface area contributed by atoms with Crippen LogP contribution in [0.2, 0.25) is 0 Å². The van der Waals surface area contributed by atoms with Crippen LogP contribution >= 0.6 is 15.9 Å². The van der Waals surface area contributed by atoms with Gasteiger partial charge in [0.25, 0.3) is 0 Å². The molecular formula is C19H16BrFN2O4. The summed E-state index contributed by atoms with van der Waals surface area (Å²) in [6.07, 6.45) is 1.30. The van der Waals surface area contributed by atoms with Crippen LogP contribution in [0.4, 0.5) is 15.8 Å². The molecule has 6 nitrogen and oxygen atoms in total. The summed E-state index contributed by atoms with van der Waals surface area (Å²) >= 11 is 3.17. The van der Waals surface area contributed by atoms with Gasteiger partial charge in [-0.3, -0.25) is 4.98 Å². The van der Waals surface area contributed by atoms with E-state index < -0.39 is 11.8 Å². The molecule has 0 atom stereocenters. The van der Waals surface area contributed by atoms with Crippen LogP contribution in [-0.2, 0) is 4.74 Å². The standard InChI is InChI=1S/C19H16BrFN2O4/c1-3-27-19(25)10-9-22-12-8-14(26-2)16(20)17(21)15(12)18(10)23-11-6-4-5-7-13(11)24/h4-9,24H,3H2,1-2H3,(H,22,23). The molecule has 0 spiro atoms. The van der Waals surface area contributed by atoms with Gasteiger partial charge in [-0.15, -0.1) is 0 Å². The van der Waals surface area contributed by atoms with Gasteiger partial charge in [0.15, 0.2) is 5.82 Å². The first-order valence-corrected chi connectivity index (χ1v) is 8.84. The number of nitrogens with zero attached hydrogens (tertiary/aromatic N) is 1. The van der Waals surface area contributed by atoms with E-state index in [1.165, 1.54) is 19.4 Å². The zero-order valence-electron chi connectivity index (χ0n) is 14.5. The molecule has 0 unspecified atom stereocenters. The summed E-state index contributed by atoms with van der Waals surface area (Å²) in [4.78, 5) is 16.6. The van der Waals surface area contributed by atoms with Crippen LogP contribution in [0.15, 0.2) is 41.0 Å². The number of aromatic nitrogens is 1. The van der Waals surface area contributed by atoms with Gasteiger partial charge in [0, 0.05) is 12.3 Å². The van der Waals surface area contributed by atoms with Crippen molar-refractivity contribution in [2.45, 2.75) is 6.92 Å². The fourth-order valence-electron chi connectivity index (χ4n) is 2.62. The topological polar surface area (TPSA) is 80.7 Å². The van der Waals surface area contributed by atoms with E-state index in [1.807, 2.05) is 0 Å². The Balaban J connectivity index is 2.30. The van der Waals surface area contributed by atoms with E-state index in [9.17, 15) is 9.90 Å². The second-order valence-corrected chi connectivity index (χ2v) is 6.30. The molecule has 0 aliphatic carbocycles. The van der Waals surface area contributed by atoms with Crippen molar-refractivity contribution < 1.29 is 23.8 Å². The summed E-state index contributed by atoms with van der Waals surface area (Å²) in [6, 6.07) is 7.98. The maximum absolute atomic E-state index is 15.1. The highest BCUT2D eigenvalue weighted by Gasteiger charge is 2.23. The zero-order valence-corrected chi connectivity index (χ0v) is 16.1. The Kier molecular flexibility index (Phi) is 5.46. The van der Waals surface area contributed by atoms with Crippen LogP contribution in [0.5, 0.6) is 11.5 Å². The monoisotopic (exact) mass is 434 g/mol. The van der Waals surface area contributed by atoms with Crippen LogP contribution < -0.4 is 10.1 Å². The fourth-order valence-corrected chi connectivity index (χ4v) is 3.09. The van der Waals surface area contributed by atoms with Gasteiger partial charge in [-0.25, -0.2) is 9.18 Å². The number of aromatic hydroxyl groups is 1. The molecule has 2 N–H and O–H groups in total. The quantitative estimate of drug-likeness (QED) is 0.444. The van der Waals surface area contributed by atoms with Crippen molar-refractivity contribution in [3.05, 3.63) is 52.4 Å². The number of anilines is 2. The Bertz CT molecular complexity index is 1030. The number of hydrogen-bond acceptors (Lipinski definition) is 6.